The largest absolute Gasteiger partial charge is 0.370 e. The van der Waals surface area contributed by atoms with Crippen molar-refractivity contribution in [1.29, 1.82) is 0 Å². The van der Waals surface area contributed by atoms with Gasteiger partial charge in [-0.15, -0.1) is 0 Å². The zero-order valence-electron chi connectivity index (χ0n) is 21.3. The van der Waals surface area contributed by atoms with Crippen molar-refractivity contribution in [2.75, 3.05) is 6.54 Å². The van der Waals surface area contributed by atoms with Crippen molar-refractivity contribution in [2.24, 2.45) is 5.92 Å². The highest BCUT2D eigenvalue weighted by Gasteiger charge is 2.58. The Kier molecular flexibility index (Phi) is 8.37. The highest BCUT2D eigenvalue weighted by Crippen LogP contribution is 2.44. The molecule has 1 aliphatic carbocycles. The van der Waals surface area contributed by atoms with Crippen LogP contribution in [0.25, 0.3) is 0 Å². The van der Waals surface area contributed by atoms with Gasteiger partial charge in [0.2, 0.25) is 0 Å². The van der Waals surface area contributed by atoms with Gasteiger partial charge in [0.25, 0.3) is 5.91 Å². The minimum absolute atomic E-state index is 0.0440. The smallest absolute Gasteiger partial charge is 0.252 e. The summed E-state index contributed by atoms with van der Waals surface area (Å²) in [5.74, 6) is -1.13. The molecule has 4 rings (SSSR count). The summed E-state index contributed by atoms with van der Waals surface area (Å²) in [5, 5.41) is 3.64. The third-order valence-electron chi connectivity index (χ3n) is 6.55. The molecule has 8 heteroatoms. The van der Waals surface area contributed by atoms with Crippen molar-refractivity contribution in [3.63, 3.8) is 0 Å². The number of halogens is 2. The number of nitrogens with one attached hydrogen (secondary N) is 1. The second kappa shape index (κ2) is 11.2. The number of carbonyl (C=O) groups is 1. The highest BCUT2D eigenvalue weighted by atomic mass is 35.5. The van der Waals surface area contributed by atoms with E-state index >= 15 is 0 Å². The van der Waals surface area contributed by atoms with Gasteiger partial charge in [0.05, 0.1) is 25.4 Å². The molecule has 0 unspecified atom stereocenters. The molecule has 2 fully saturated rings. The SMILES string of the molecule is CC(C)CNC(=O)[C@@]1(OCc2cccc(Cl)c2)C[C@@H](OCc2ccccc2F)[C@@H]2OC(C)(C)O[C@@H]2C1. The summed E-state index contributed by atoms with van der Waals surface area (Å²) in [4.78, 5) is 13.7. The lowest BCUT2D eigenvalue weighted by Gasteiger charge is -2.43. The molecule has 2 aromatic rings. The maximum atomic E-state index is 14.3. The van der Waals surface area contributed by atoms with Crippen molar-refractivity contribution in [1.82, 2.24) is 5.32 Å². The fourth-order valence-electron chi connectivity index (χ4n) is 4.83. The van der Waals surface area contributed by atoms with Crippen LogP contribution in [0.3, 0.4) is 0 Å². The van der Waals surface area contributed by atoms with E-state index in [1.807, 2.05) is 45.9 Å². The van der Waals surface area contributed by atoms with Crippen LogP contribution in [0.2, 0.25) is 5.02 Å². The van der Waals surface area contributed by atoms with E-state index < -0.39 is 29.7 Å². The maximum Gasteiger partial charge on any atom is 0.252 e. The zero-order valence-corrected chi connectivity index (χ0v) is 22.0. The van der Waals surface area contributed by atoms with Gasteiger partial charge >= 0.3 is 0 Å². The van der Waals surface area contributed by atoms with Crippen LogP contribution in [-0.4, -0.2) is 42.2 Å². The van der Waals surface area contributed by atoms with E-state index in [0.717, 1.165) is 5.56 Å². The van der Waals surface area contributed by atoms with Gasteiger partial charge in [0, 0.05) is 30.0 Å². The Morgan fingerprint density at radius 1 is 1.14 bits per heavy atom. The topological polar surface area (TPSA) is 66.0 Å². The Hall–Kier alpha value is -2.03. The Labute approximate surface area is 217 Å². The van der Waals surface area contributed by atoms with Gasteiger partial charge in [-0.1, -0.05) is 55.8 Å². The van der Waals surface area contributed by atoms with Gasteiger partial charge in [-0.3, -0.25) is 4.79 Å². The lowest BCUT2D eigenvalue weighted by Crippen LogP contribution is -2.60. The number of carbonyl (C=O) groups excluding carboxylic acids is 1. The molecule has 0 bridgehead atoms. The van der Waals surface area contributed by atoms with E-state index in [9.17, 15) is 9.18 Å². The molecular formula is C28H35ClFNO5. The fraction of sp³-hybridized carbons (Fsp3) is 0.536. The first-order chi connectivity index (χ1) is 17.1. The molecule has 196 valence electrons. The van der Waals surface area contributed by atoms with Crippen LogP contribution >= 0.6 is 11.6 Å². The number of ether oxygens (including phenoxy) is 4. The van der Waals surface area contributed by atoms with Crippen LogP contribution in [0.4, 0.5) is 4.39 Å². The van der Waals surface area contributed by atoms with Crippen molar-refractivity contribution >= 4 is 17.5 Å². The third-order valence-corrected chi connectivity index (χ3v) is 6.78. The van der Waals surface area contributed by atoms with Crippen LogP contribution < -0.4 is 5.32 Å². The first kappa shape index (κ1) is 27.0. The van der Waals surface area contributed by atoms with E-state index in [0.29, 0.717) is 23.6 Å². The van der Waals surface area contributed by atoms with Gasteiger partial charge < -0.3 is 24.3 Å². The Morgan fingerprint density at radius 3 is 2.64 bits per heavy atom. The molecule has 1 heterocycles. The number of benzene rings is 2. The molecule has 1 saturated carbocycles. The van der Waals surface area contributed by atoms with Crippen LogP contribution in [0.5, 0.6) is 0 Å². The molecule has 0 radical (unpaired) electrons. The normalized spacial score (nSPS) is 27.1. The fourth-order valence-corrected chi connectivity index (χ4v) is 5.04. The highest BCUT2D eigenvalue weighted by molar-refractivity contribution is 6.30. The minimum atomic E-state index is -1.22. The molecule has 1 aliphatic heterocycles. The van der Waals surface area contributed by atoms with Gasteiger partial charge in [-0.2, -0.15) is 0 Å². The Balaban J connectivity index is 1.61. The summed E-state index contributed by atoms with van der Waals surface area (Å²) in [6, 6.07) is 13.8. The van der Waals surface area contributed by atoms with Gasteiger partial charge in [-0.05, 0) is 43.5 Å². The molecule has 1 saturated heterocycles. The van der Waals surface area contributed by atoms with Crippen LogP contribution in [0.15, 0.2) is 48.5 Å². The van der Waals surface area contributed by atoms with Crippen LogP contribution in [0.1, 0.15) is 51.7 Å². The van der Waals surface area contributed by atoms with Gasteiger partial charge in [0.1, 0.15) is 11.9 Å². The predicted molar refractivity (Wildman–Crippen MR) is 135 cm³/mol. The first-order valence-corrected chi connectivity index (χ1v) is 12.8. The molecule has 2 aromatic carbocycles. The molecule has 0 aromatic heterocycles. The van der Waals surface area contributed by atoms with Gasteiger partial charge in [0.15, 0.2) is 11.4 Å². The first-order valence-electron chi connectivity index (χ1n) is 12.4. The Bertz CT molecular complexity index is 1060. The summed E-state index contributed by atoms with van der Waals surface area (Å²) in [7, 11) is 0. The van der Waals surface area contributed by atoms with Crippen molar-refractivity contribution in [3.8, 4) is 0 Å². The Morgan fingerprint density at radius 2 is 1.92 bits per heavy atom. The standard InChI is InChI=1S/C28H35ClFNO5/c1-18(2)15-31-26(32)28(34-16-19-8-7-10-21(29)12-19)13-23(25-24(14-28)35-27(3,4)36-25)33-17-20-9-5-6-11-22(20)30/h5-12,18,23-25H,13-17H2,1-4H3,(H,31,32)/t23-,24-,25+,28-/m1/s1. The van der Waals surface area contributed by atoms with E-state index in [-0.39, 0.29) is 37.3 Å². The van der Waals surface area contributed by atoms with Crippen molar-refractivity contribution < 1.29 is 28.1 Å². The van der Waals surface area contributed by atoms with E-state index in [1.54, 1.807) is 24.3 Å². The summed E-state index contributed by atoms with van der Waals surface area (Å²) in [5.41, 5.74) is 0.0723. The van der Waals surface area contributed by atoms with Crippen LogP contribution in [0, 0.1) is 11.7 Å². The second-order valence-electron chi connectivity index (χ2n) is 10.5. The molecule has 1 amide bonds. The molecule has 2 aliphatic rings. The summed E-state index contributed by atoms with van der Waals surface area (Å²) < 4.78 is 39.3. The van der Waals surface area contributed by atoms with Gasteiger partial charge in [-0.25, -0.2) is 4.39 Å². The number of rotatable bonds is 9. The molecule has 4 atom stereocenters. The number of fused-ring (bicyclic) bond motifs is 1. The summed E-state index contributed by atoms with van der Waals surface area (Å²) in [6.07, 6.45) is -0.831. The molecule has 6 nitrogen and oxygen atoms in total. The van der Waals surface area contributed by atoms with Crippen molar-refractivity contribution in [2.45, 2.75) is 83.5 Å². The van der Waals surface area contributed by atoms with E-state index in [2.05, 4.69) is 5.32 Å². The lowest BCUT2D eigenvalue weighted by molar-refractivity contribution is -0.183. The average Bonchev–Trinajstić information content (AvgIpc) is 3.14. The summed E-state index contributed by atoms with van der Waals surface area (Å²) in [6.45, 7) is 8.50. The molecule has 1 N–H and O–H groups in total. The number of hydrogen-bond donors (Lipinski definition) is 1. The second-order valence-corrected chi connectivity index (χ2v) is 10.9. The third kappa shape index (κ3) is 6.45. The van der Waals surface area contributed by atoms with E-state index in [4.69, 9.17) is 30.5 Å². The summed E-state index contributed by atoms with van der Waals surface area (Å²) >= 11 is 6.17. The molecule has 36 heavy (non-hydrogen) atoms. The average molecular weight is 520 g/mol. The molecular weight excluding hydrogens is 485 g/mol. The lowest BCUT2D eigenvalue weighted by atomic mass is 9.78. The zero-order chi connectivity index (χ0) is 25.9. The maximum absolute atomic E-state index is 14.3. The predicted octanol–water partition coefficient (Wildman–Crippen LogP) is 5.41. The van der Waals surface area contributed by atoms with Crippen LogP contribution in [-0.2, 0) is 37.0 Å². The number of hydrogen-bond acceptors (Lipinski definition) is 5. The van der Waals surface area contributed by atoms with E-state index in [1.165, 1.54) is 6.07 Å². The number of amides is 1. The molecule has 0 spiro atoms. The monoisotopic (exact) mass is 519 g/mol. The quantitative estimate of drug-likeness (QED) is 0.480. The van der Waals surface area contributed by atoms with Crippen molar-refractivity contribution in [3.05, 3.63) is 70.5 Å². The minimum Gasteiger partial charge on any atom is -0.370 e.